The van der Waals surface area contributed by atoms with Crippen molar-refractivity contribution in [3.05, 3.63) is 58.1 Å². The quantitative estimate of drug-likeness (QED) is 0.902. The van der Waals surface area contributed by atoms with Gasteiger partial charge in [0.15, 0.2) is 0 Å². The topological polar surface area (TPSA) is 41.5 Å². The number of aromatic hydroxyl groups is 1. The molecule has 4 heteroatoms. The maximum Gasteiger partial charge on any atom is 0.123 e. The van der Waals surface area contributed by atoms with E-state index in [1.165, 1.54) is 5.56 Å². The number of para-hydroxylation sites is 1. The number of hydrogen-bond acceptors (Lipinski definition) is 3. The molecule has 2 aromatic carbocycles. The summed E-state index contributed by atoms with van der Waals surface area (Å²) in [6.07, 6.45) is 1.08. The molecule has 104 valence electrons. The molecule has 1 atom stereocenters. The Bertz CT molecular complexity index is 615. The van der Waals surface area contributed by atoms with Gasteiger partial charge in [-0.2, -0.15) is 0 Å². The summed E-state index contributed by atoms with van der Waals surface area (Å²) in [5, 5.41) is 13.0. The largest absolute Gasteiger partial charge is 0.508 e. The van der Waals surface area contributed by atoms with Crippen LogP contribution in [0, 0.1) is 0 Å². The van der Waals surface area contributed by atoms with Gasteiger partial charge in [-0.1, -0.05) is 34.1 Å². The van der Waals surface area contributed by atoms with Crippen LogP contribution in [0.15, 0.2) is 46.9 Å². The van der Waals surface area contributed by atoms with E-state index in [0.29, 0.717) is 12.3 Å². The molecule has 0 aliphatic carbocycles. The van der Waals surface area contributed by atoms with Crippen LogP contribution in [0.2, 0.25) is 0 Å². The highest BCUT2D eigenvalue weighted by atomic mass is 79.9. The smallest absolute Gasteiger partial charge is 0.123 e. The molecule has 1 aliphatic heterocycles. The van der Waals surface area contributed by atoms with Gasteiger partial charge < -0.3 is 15.2 Å². The fraction of sp³-hybridized carbons (Fsp3) is 0.250. The van der Waals surface area contributed by atoms with Crippen LogP contribution in [-0.2, 0) is 13.0 Å². The van der Waals surface area contributed by atoms with Crippen molar-refractivity contribution in [2.75, 3.05) is 6.54 Å². The van der Waals surface area contributed by atoms with Crippen LogP contribution in [0.3, 0.4) is 0 Å². The van der Waals surface area contributed by atoms with Gasteiger partial charge in [-0.25, -0.2) is 0 Å². The number of phenols is 1. The molecule has 1 aliphatic rings. The van der Waals surface area contributed by atoms with E-state index in [1.807, 2.05) is 30.3 Å². The molecule has 0 amide bonds. The zero-order chi connectivity index (χ0) is 13.9. The second kappa shape index (κ2) is 5.85. The van der Waals surface area contributed by atoms with Crippen LogP contribution in [0.5, 0.6) is 11.5 Å². The Morgan fingerprint density at radius 3 is 2.95 bits per heavy atom. The van der Waals surface area contributed by atoms with Crippen molar-refractivity contribution in [3.63, 3.8) is 0 Å². The third kappa shape index (κ3) is 2.97. The molecule has 0 saturated heterocycles. The Hall–Kier alpha value is -1.52. The molecule has 1 unspecified atom stereocenters. The van der Waals surface area contributed by atoms with Gasteiger partial charge in [0.1, 0.15) is 17.6 Å². The molecule has 3 rings (SSSR count). The van der Waals surface area contributed by atoms with Crippen molar-refractivity contribution in [1.29, 1.82) is 0 Å². The summed E-state index contributed by atoms with van der Waals surface area (Å²) in [5.74, 6) is 1.31. The molecular weight excluding hydrogens is 318 g/mol. The molecule has 0 aromatic heterocycles. The predicted octanol–water partition coefficient (Wildman–Crippen LogP) is 3.25. The van der Waals surface area contributed by atoms with Crippen LogP contribution in [0.4, 0.5) is 0 Å². The van der Waals surface area contributed by atoms with Gasteiger partial charge in [0.05, 0.1) is 0 Å². The number of benzene rings is 2. The van der Waals surface area contributed by atoms with E-state index in [4.69, 9.17) is 4.74 Å². The molecule has 2 N–H and O–H groups in total. The Balaban J connectivity index is 1.53. The third-order valence-corrected chi connectivity index (χ3v) is 3.94. The van der Waals surface area contributed by atoms with Crippen LogP contribution >= 0.6 is 15.9 Å². The van der Waals surface area contributed by atoms with Gasteiger partial charge in [0.25, 0.3) is 0 Å². The van der Waals surface area contributed by atoms with Crippen molar-refractivity contribution in [2.24, 2.45) is 0 Å². The van der Waals surface area contributed by atoms with Crippen molar-refractivity contribution in [1.82, 2.24) is 5.32 Å². The Morgan fingerprint density at radius 2 is 2.10 bits per heavy atom. The maximum absolute atomic E-state index is 9.70. The van der Waals surface area contributed by atoms with E-state index in [1.54, 1.807) is 6.07 Å². The van der Waals surface area contributed by atoms with Crippen molar-refractivity contribution in [2.45, 2.75) is 19.1 Å². The molecule has 20 heavy (non-hydrogen) atoms. The summed E-state index contributed by atoms with van der Waals surface area (Å²) in [6.45, 7) is 1.41. The number of ether oxygens (including phenoxy) is 1. The predicted molar refractivity (Wildman–Crippen MR) is 82.1 cm³/mol. The minimum atomic E-state index is 0.158. The lowest BCUT2D eigenvalue weighted by atomic mass is 10.1. The first-order valence-corrected chi connectivity index (χ1v) is 7.44. The lowest BCUT2D eigenvalue weighted by molar-refractivity contribution is 0.227. The molecule has 0 fully saturated rings. The normalized spacial score (nSPS) is 16.8. The van der Waals surface area contributed by atoms with Gasteiger partial charge in [0, 0.05) is 29.5 Å². The molecule has 0 bridgehead atoms. The summed E-state index contributed by atoms with van der Waals surface area (Å²) in [6, 6.07) is 13.5. The first-order chi connectivity index (χ1) is 9.72. The van der Waals surface area contributed by atoms with Crippen molar-refractivity contribution >= 4 is 15.9 Å². The molecule has 0 saturated carbocycles. The molecular formula is C16H16BrNO2. The minimum Gasteiger partial charge on any atom is -0.508 e. The Kier molecular flexibility index (Phi) is 3.94. The highest BCUT2D eigenvalue weighted by molar-refractivity contribution is 9.10. The number of halogens is 1. The highest BCUT2D eigenvalue weighted by Crippen LogP contribution is 2.31. The number of fused-ring (bicyclic) bond motifs is 1. The van der Waals surface area contributed by atoms with Gasteiger partial charge >= 0.3 is 0 Å². The number of hydrogen-bond donors (Lipinski definition) is 2. The zero-order valence-electron chi connectivity index (χ0n) is 11.0. The van der Waals surface area contributed by atoms with Crippen molar-refractivity contribution < 1.29 is 9.84 Å². The van der Waals surface area contributed by atoms with Crippen LogP contribution in [0.25, 0.3) is 0 Å². The molecule has 3 nitrogen and oxygen atoms in total. The average molecular weight is 334 g/mol. The molecule has 0 radical (unpaired) electrons. The summed E-state index contributed by atoms with van der Waals surface area (Å²) >= 11 is 3.48. The fourth-order valence-corrected chi connectivity index (χ4v) is 2.84. The highest BCUT2D eigenvalue weighted by Gasteiger charge is 2.22. The Morgan fingerprint density at radius 1 is 1.25 bits per heavy atom. The van der Waals surface area contributed by atoms with Gasteiger partial charge in [-0.3, -0.25) is 0 Å². The second-order valence-electron chi connectivity index (χ2n) is 4.96. The molecule has 0 spiro atoms. The van der Waals surface area contributed by atoms with Crippen molar-refractivity contribution in [3.8, 4) is 11.5 Å². The first kappa shape index (κ1) is 13.5. The summed E-state index contributed by atoms with van der Waals surface area (Å²) in [5.41, 5.74) is 2.15. The van der Waals surface area contributed by atoms with Gasteiger partial charge in [-0.15, -0.1) is 0 Å². The lowest BCUT2D eigenvalue weighted by Gasteiger charge is -2.12. The van der Waals surface area contributed by atoms with E-state index >= 15 is 0 Å². The Labute approximate surface area is 126 Å². The second-order valence-corrected chi connectivity index (χ2v) is 5.87. The van der Waals surface area contributed by atoms with E-state index < -0.39 is 0 Å². The standard InChI is InChI=1S/C16H16BrNO2/c17-13-5-6-16-12(7-13)8-14(20-16)10-18-9-11-3-1-2-4-15(11)19/h1-7,14,18-19H,8-10H2. The SMILES string of the molecule is Oc1ccccc1CNCC1Cc2cc(Br)ccc2O1. The number of rotatable bonds is 4. The van der Waals surface area contributed by atoms with Crippen LogP contribution in [-0.4, -0.2) is 17.8 Å². The van der Waals surface area contributed by atoms with E-state index in [0.717, 1.165) is 28.8 Å². The lowest BCUT2D eigenvalue weighted by Crippen LogP contribution is -2.29. The third-order valence-electron chi connectivity index (χ3n) is 3.44. The van der Waals surface area contributed by atoms with E-state index in [-0.39, 0.29) is 6.10 Å². The minimum absolute atomic E-state index is 0.158. The number of phenolic OH excluding ortho intramolecular Hbond substituents is 1. The van der Waals surface area contributed by atoms with E-state index in [9.17, 15) is 5.11 Å². The van der Waals surface area contributed by atoms with Crippen LogP contribution in [0.1, 0.15) is 11.1 Å². The molecule has 1 heterocycles. The zero-order valence-corrected chi connectivity index (χ0v) is 12.6. The maximum atomic E-state index is 9.70. The number of nitrogens with one attached hydrogen (secondary N) is 1. The first-order valence-electron chi connectivity index (χ1n) is 6.65. The monoisotopic (exact) mass is 333 g/mol. The summed E-state index contributed by atoms with van der Waals surface area (Å²) in [4.78, 5) is 0. The summed E-state index contributed by atoms with van der Waals surface area (Å²) < 4.78 is 6.97. The van der Waals surface area contributed by atoms with Crippen LogP contribution < -0.4 is 10.1 Å². The fourth-order valence-electron chi connectivity index (χ4n) is 2.43. The van der Waals surface area contributed by atoms with Gasteiger partial charge in [-0.05, 0) is 29.8 Å². The molecule has 2 aromatic rings. The summed E-state index contributed by atoms with van der Waals surface area (Å²) in [7, 11) is 0. The van der Waals surface area contributed by atoms with E-state index in [2.05, 4.69) is 27.3 Å². The average Bonchev–Trinajstić information content (AvgIpc) is 2.83. The van der Waals surface area contributed by atoms with Gasteiger partial charge in [0.2, 0.25) is 0 Å².